The monoisotopic (exact) mass is 231 g/mol. The van der Waals surface area contributed by atoms with Crippen molar-refractivity contribution in [2.75, 3.05) is 0 Å². The van der Waals surface area contributed by atoms with Crippen molar-refractivity contribution >= 4 is 5.57 Å². The highest BCUT2D eigenvalue weighted by Crippen LogP contribution is 2.13. The number of nitrogens with zero attached hydrogens (tertiary/aromatic N) is 1. The lowest BCUT2D eigenvalue weighted by Gasteiger charge is -2.01. The van der Waals surface area contributed by atoms with E-state index in [9.17, 15) is 0 Å². The molecular weight excluding hydrogens is 206 g/mol. The topological polar surface area (TPSA) is 12.9 Å². The van der Waals surface area contributed by atoms with Crippen LogP contribution in [0.1, 0.15) is 64.5 Å². The van der Waals surface area contributed by atoms with Crippen LogP contribution in [0.25, 0.3) is 5.57 Å². The summed E-state index contributed by atoms with van der Waals surface area (Å²) < 4.78 is 0. The van der Waals surface area contributed by atoms with Crippen LogP contribution in [0.2, 0.25) is 0 Å². The number of hydrogen-bond donors (Lipinski definition) is 0. The van der Waals surface area contributed by atoms with Crippen molar-refractivity contribution in [3.8, 4) is 0 Å². The van der Waals surface area contributed by atoms with Gasteiger partial charge >= 0.3 is 0 Å². The number of allylic oxidation sites excluding steroid dienone is 2. The Morgan fingerprint density at radius 3 is 2.59 bits per heavy atom. The van der Waals surface area contributed by atoms with Crippen LogP contribution >= 0.6 is 0 Å². The standard InChI is InChI=1S/C16H25N/c1-3-4-5-6-7-8-9-12-15(2)16-13-10-11-14-17-16/h10-14H,3-9H2,1-2H3/b15-12+. The quantitative estimate of drug-likeness (QED) is 0.558. The molecule has 1 heterocycles. The Labute approximate surface area is 106 Å². The first-order valence-corrected chi connectivity index (χ1v) is 6.92. The smallest absolute Gasteiger partial charge is 0.0655 e. The van der Waals surface area contributed by atoms with Crippen LogP contribution in [0.5, 0.6) is 0 Å². The third-order valence-electron chi connectivity index (χ3n) is 3.08. The molecule has 0 amide bonds. The molecule has 0 atom stereocenters. The summed E-state index contributed by atoms with van der Waals surface area (Å²) in [6, 6.07) is 6.09. The molecule has 0 unspecified atom stereocenters. The van der Waals surface area contributed by atoms with Gasteiger partial charge in [0, 0.05) is 6.20 Å². The highest BCUT2D eigenvalue weighted by Gasteiger charge is 1.94. The molecule has 94 valence electrons. The van der Waals surface area contributed by atoms with Gasteiger partial charge in [0.25, 0.3) is 0 Å². The van der Waals surface area contributed by atoms with E-state index in [0.29, 0.717) is 0 Å². The van der Waals surface area contributed by atoms with Crippen LogP contribution in [0.3, 0.4) is 0 Å². The predicted octanol–water partition coefficient (Wildman–Crippen LogP) is 5.24. The molecule has 0 aliphatic rings. The zero-order valence-corrected chi connectivity index (χ0v) is 11.3. The molecule has 0 saturated carbocycles. The van der Waals surface area contributed by atoms with E-state index in [4.69, 9.17) is 0 Å². The van der Waals surface area contributed by atoms with Gasteiger partial charge in [-0.3, -0.25) is 4.98 Å². The maximum Gasteiger partial charge on any atom is 0.0655 e. The number of rotatable bonds is 8. The van der Waals surface area contributed by atoms with Crippen LogP contribution in [-0.4, -0.2) is 4.98 Å². The normalized spacial score (nSPS) is 11.8. The van der Waals surface area contributed by atoms with Gasteiger partial charge in [-0.05, 0) is 37.5 Å². The minimum absolute atomic E-state index is 1.11. The first kappa shape index (κ1) is 14.0. The number of hydrogen-bond acceptors (Lipinski definition) is 1. The number of unbranched alkanes of at least 4 members (excludes halogenated alkanes) is 6. The molecule has 0 bridgehead atoms. The summed E-state index contributed by atoms with van der Waals surface area (Å²) in [7, 11) is 0. The van der Waals surface area contributed by atoms with E-state index in [1.807, 2.05) is 18.3 Å². The fourth-order valence-corrected chi connectivity index (χ4v) is 1.94. The van der Waals surface area contributed by atoms with E-state index in [2.05, 4.69) is 31.0 Å². The molecule has 0 radical (unpaired) electrons. The second-order valence-electron chi connectivity index (χ2n) is 4.66. The highest BCUT2D eigenvalue weighted by atomic mass is 14.7. The summed E-state index contributed by atoms with van der Waals surface area (Å²) in [5.41, 5.74) is 2.41. The van der Waals surface area contributed by atoms with Crippen LogP contribution in [0, 0.1) is 0 Å². The van der Waals surface area contributed by atoms with Crippen molar-refractivity contribution in [3.63, 3.8) is 0 Å². The van der Waals surface area contributed by atoms with E-state index in [1.165, 1.54) is 50.5 Å². The molecule has 17 heavy (non-hydrogen) atoms. The van der Waals surface area contributed by atoms with Gasteiger partial charge in [-0.25, -0.2) is 0 Å². The van der Waals surface area contributed by atoms with Crippen molar-refractivity contribution in [2.24, 2.45) is 0 Å². The number of aromatic nitrogens is 1. The van der Waals surface area contributed by atoms with Gasteiger partial charge in [0.2, 0.25) is 0 Å². The Morgan fingerprint density at radius 2 is 1.88 bits per heavy atom. The second kappa shape index (κ2) is 8.98. The van der Waals surface area contributed by atoms with E-state index in [-0.39, 0.29) is 0 Å². The Hall–Kier alpha value is -1.11. The lowest BCUT2D eigenvalue weighted by Crippen LogP contribution is -1.84. The molecule has 1 rings (SSSR count). The van der Waals surface area contributed by atoms with E-state index >= 15 is 0 Å². The van der Waals surface area contributed by atoms with Crippen molar-refractivity contribution in [1.29, 1.82) is 0 Å². The SMILES string of the molecule is CCCCCCCC/C=C(\C)c1ccccn1. The van der Waals surface area contributed by atoms with Crippen LogP contribution in [0.4, 0.5) is 0 Å². The fourth-order valence-electron chi connectivity index (χ4n) is 1.94. The largest absolute Gasteiger partial charge is 0.257 e. The molecule has 0 saturated heterocycles. The zero-order chi connectivity index (χ0) is 12.3. The molecular formula is C16H25N. The maximum atomic E-state index is 4.35. The van der Waals surface area contributed by atoms with Gasteiger partial charge in [0.1, 0.15) is 0 Å². The third kappa shape index (κ3) is 6.25. The minimum atomic E-state index is 1.11. The van der Waals surface area contributed by atoms with Crippen molar-refractivity contribution < 1.29 is 0 Å². The Kier molecular flexibility index (Phi) is 7.37. The molecule has 0 aromatic carbocycles. The minimum Gasteiger partial charge on any atom is -0.257 e. The summed E-state index contributed by atoms with van der Waals surface area (Å²) in [5.74, 6) is 0. The Morgan fingerprint density at radius 1 is 1.12 bits per heavy atom. The molecule has 0 spiro atoms. The van der Waals surface area contributed by atoms with Gasteiger partial charge in [-0.1, -0.05) is 51.2 Å². The van der Waals surface area contributed by atoms with Crippen molar-refractivity contribution in [1.82, 2.24) is 4.98 Å². The first-order chi connectivity index (χ1) is 8.34. The van der Waals surface area contributed by atoms with Gasteiger partial charge in [-0.15, -0.1) is 0 Å². The molecule has 0 fully saturated rings. The van der Waals surface area contributed by atoms with Crippen LogP contribution in [0.15, 0.2) is 30.5 Å². The summed E-state index contributed by atoms with van der Waals surface area (Å²) in [6.07, 6.45) is 13.6. The van der Waals surface area contributed by atoms with Crippen molar-refractivity contribution in [2.45, 2.75) is 58.8 Å². The van der Waals surface area contributed by atoms with Gasteiger partial charge in [0.15, 0.2) is 0 Å². The molecule has 1 aromatic heterocycles. The summed E-state index contributed by atoms with van der Waals surface area (Å²) in [6.45, 7) is 4.42. The molecule has 0 aliphatic carbocycles. The molecule has 1 nitrogen and oxygen atoms in total. The average Bonchev–Trinajstić information content (AvgIpc) is 2.38. The number of pyridine rings is 1. The molecule has 0 aliphatic heterocycles. The predicted molar refractivity (Wildman–Crippen MR) is 75.9 cm³/mol. The summed E-state index contributed by atoms with van der Waals surface area (Å²) >= 11 is 0. The van der Waals surface area contributed by atoms with Crippen molar-refractivity contribution in [3.05, 3.63) is 36.2 Å². The molecule has 1 aromatic rings. The third-order valence-corrected chi connectivity index (χ3v) is 3.08. The lowest BCUT2D eigenvalue weighted by atomic mass is 10.1. The fraction of sp³-hybridized carbons (Fsp3) is 0.562. The Balaban J connectivity index is 2.16. The first-order valence-electron chi connectivity index (χ1n) is 6.92. The van der Waals surface area contributed by atoms with E-state index in [0.717, 1.165) is 5.69 Å². The van der Waals surface area contributed by atoms with E-state index in [1.54, 1.807) is 0 Å². The van der Waals surface area contributed by atoms with Crippen LogP contribution < -0.4 is 0 Å². The highest BCUT2D eigenvalue weighted by molar-refractivity contribution is 5.59. The summed E-state index contributed by atoms with van der Waals surface area (Å²) in [5, 5.41) is 0. The molecule has 0 N–H and O–H groups in total. The second-order valence-corrected chi connectivity index (χ2v) is 4.66. The van der Waals surface area contributed by atoms with Crippen LogP contribution in [-0.2, 0) is 0 Å². The molecule has 1 heteroatoms. The maximum absolute atomic E-state index is 4.35. The lowest BCUT2D eigenvalue weighted by molar-refractivity contribution is 0.611. The van der Waals surface area contributed by atoms with Gasteiger partial charge in [-0.2, -0.15) is 0 Å². The van der Waals surface area contributed by atoms with E-state index < -0.39 is 0 Å². The zero-order valence-electron chi connectivity index (χ0n) is 11.3. The van der Waals surface area contributed by atoms with Gasteiger partial charge in [0.05, 0.1) is 5.69 Å². The Bertz CT molecular complexity index is 314. The summed E-state index contributed by atoms with van der Waals surface area (Å²) in [4.78, 5) is 4.35. The van der Waals surface area contributed by atoms with Gasteiger partial charge < -0.3 is 0 Å². The average molecular weight is 231 g/mol.